The van der Waals surface area contributed by atoms with Crippen LogP contribution in [0.1, 0.15) is 12.5 Å². The third-order valence-electron chi connectivity index (χ3n) is 6.97. The molecule has 0 radical (unpaired) electrons. The highest BCUT2D eigenvalue weighted by atomic mass is 32.2. The smallest absolute Gasteiger partial charge is 0.350 e. The fourth-order valence-corrected chi connectivity index (χ4v) is 5.76. The van der Waals surface area contributed by atoms with E-state index in [1.807, 2.05) is 0 Å². The van der Waals surface area contributed by atoms with E-state index in [1.54, 1.807) is 16.7 Å². The molecule has 0 bridgehead atoms. The standard InChI is InChI=1S/C27H24F3N7O4S/c1-4-20(38)35-10-11-36(15(3)13-35)24-16-12-19(30)22(21-17(28)6-5-7-18(21)29)33-25(16)37(27(39)34-24)23-14(2)8-9-32-26(23)42(31,40)41/h4-9,12,15H,1,10-11,13H2,2-3H3,(H2,31,40,41)/t15-/m0/s1. The van der Waals surface area contributed by atoms with Crippen LogP contribution in [0.2, 0.25) is 0 Å². The van der Waals surface area contributed by atoms with Gasteiger partial charge in [0.1, 0.15) is 23.1 Å². The van der Waals surface area contributed by atoms with E-state index >= 15 is 4.39 Å². The van der Waals surface area contributed by atoms with Gasteiger partial charge in [-0.05, 0) is 49.8 Å². The number of nitrogens with two attached hydrogens (primary N) is 1. The Bertz CT molecular complexity index is 1930. The number of halogens is 3. The Morgan fingerprint density at radius 2 is 1.81 bits per heavy atom. The minimum absolute atomic E-state index is 0.0184. The number of pyridine rings is 2. The van der Waals surface area contributed by atoms with Gasteiger partial charge in [0.25, 0.3) is 10.0 Å². The van der Waals surface area contributed by atoms with Crippen molar-refractivity contribution in [3.8, 4) is 16.9 Å². The van der Waals surface area contributed by atoms with Crippen molar-refractivity contribution in [2.75, 3.05) is 24.5 Å². The van der Waals surface area contributed by atoms with Crippen LogP contribution in [0, 0.1) is 24.4 Å². The lowest BCUT2D eigenvalue weighted by atomic mass is 10.1. The van der Waals surface area contributed by atoms with Gasteiger partial charge in [0, 0.05) is 31.9 Å². The number of piperazine rings is 1. The molecule has 2 N–H and O–H groups in total. The van der Waals surface area contributed by atoms with Crippen molar-refractivity contribution in [3.63, 3.8) is 0 Å². The lowest BCUT2D eigenvalue weighted by Gasteiger charge is -2.40. The summed E-state index contributed by atoms with van der Waals surface area (Å²) in [5, 5.41) is 4.66. The molecule has 1 amide bonds. The molecule has 0 unspecified atom stereocenters. The van der Waals surface area contributed by atoms with Gasteiger partial charge in [0.2, 0.25) is 5.91 Å². The van der Waals surface area contributed by atoms with E-state index in [2.05, 4.69) is 21.5 Å². The summed E-state index contributed by atoms with van der Waals surface area (Å²) < 4.78 is 71.0. The number of aryl methyl sites for hydroxylation is 1. The Labute approximate surface area is 237 Å². The van der Waals surface area contributed by atoms with Crippen LogP contribution < -0.4 is 15.7 Å². The zero-order chi connectivity index (χ0) is 30.5. The van der Waals surface area contributed by atoms with Gasteiger partial charge in [-0.2, -0.15) is 4.98 Å². The molecule has 0 aliphatic carbocycles. The van der Waals surface area contributed by atoms with E-state index in [-0.39, 0.29) is 53.6 Å². The fraction of sp³-hybridized carbons (Fsp3) is 0.222. The van der Waals surface area contributed by atoms with E-state index in [0.29, 0.717) is 0 Å². The molecular weight excluding hydrogens is 575 g/mol. The van der Waals surface area contributed by atoms with Gasteiger partial charge in [-0.15, -0.1) is 0 Å². The number of anilines is 1. The highest BCUT2D eigenvalue weighted by molar-refractivity contribution is 7.89. The Morgan fingerprint density at radius 1 is 1.12 bits per heavy atom. The van der Waals surface area contributed by atoms with Crippen molar-refractivity contribution in [2.45, 2.75) is 24.9 Å². The minimum atomic E-state index is -4.51. The molecule has 11 nitrogen and oxygen atoms in total. The second-order valence-corrected chi connectivity index (χ2v) is 11.2. The number of fused-ring (bicyclic) bond motifs is 1. The summed E-state index contributed by atoms with van der Waals surface area (Å²) >= 11 is 0. The largest absolute Gasteiger partial charge is 0.355 e. The molecule has 0 saturated carbocycles. The quantitative estimate of drug-likeness (QED) is 0.345. The second-order valence-electron chi connectivity index (χ2n) is 9.70. The van der Waals surface area contributed by atoms with Crippen LogP contribution in [0.3, 0.4) is 0 Å². The normalized spacial score (nSPS) is 15.7. The maximum Gasteiger partial charge on any atom is 0.355 e. The zero-order valence-electron chi connectivity index (χ0n) is 22.4. The average molecular weight is 600 g/mol. The number of rotatable bonds is 5. The topological polar surface area (TPSA) is 144 Å². The van der Waals surface area contributed by atoms with Crippen LogP contribution in [-0.2, 0) is 14.8 Å². The van der Waals surface area contributed by atoms with Crippen molar-refractivity contribution < 1.29 is 26.4 Å². The molecule has 0 spiro atoms. The highest BCUT2D eigenvalue weighted by Gasteiger charge is 2.31. The Balaban J connectivity index is 1.86. The van der Waals surface area contributed by atoms with Gasteiger partial charge >= 0.3 is 5.69 Å². The summed E-state index contributed by atoms with van der Waals surface area (Å²) in [7, 11) is -4.51. The summed E-state index contributed by atoms with van der Waals surface area (Å²) in [6.07, 6.45) is 2.35. The molecule has 1 aliphatic rings. The van der Waals surface area contributed by atoms with E-state index in [9.17, 15) is 26.8 Å². The number of carbonyl (C=O) groups is 1. The molecule has 1 aromatic carbocycles. The van der Waals surface area contributed by atoms with Gasteiger partial charge in [-0.25, -0.2) is 46.1 Å². The predicted octanol–water partition coefficient (Wildman–Crippen LogP) is 2.44. The zero-order valence-corrected chi connectivity index (χ0v) is 23.2. The summed E-state index contributed by atoms with van der Waals surface area (Å²) in [6.45, 7) is 7.38. The van der Waals surface area contributed by atoms with Crippen LogP contribution in [0.25, 0.3) is 28.0 Å². The molecular formula is C27H24F3N7O4S. The maximum absolute atomic E-state index is 15.7. The van der Waals surface area contributed by atoms with Crippen LogP contribution >= 0.6 is 0 Å². The summed E-state index contributed by atoms with van der Waals surface area (Å²) in [4.78, 5) is 41.3. The number of sulfonamides is 1. The lowest BCUT2D eigenvalue weighted by molar-refractivity contribution is -0.126. The van der Waals surface area contributed by atoms with Gasteiger partial charge in [0.05, 0.1) is 16.6 Å². The number of hydrogen-bond donors (Lipinski definition) is 1. The van der Waals surface area contributed by atoms with Crippen molar-refractivity contribution in [1.29, 1.82) is 0 Å². The lowest BCUT2D eigenvalue weighted by Crippen LogP contribution is -2.54. The number of carbonyl (C=O) groups excluding carboxylic acids is 1. The van der Waals surface area contributed by atoms with Gasteiger partial charge in [-0.3, -0.25) is 4.79 Å². The van der Waals surface area contributed by atoms with Crippen molar-refractivity contribution in [2.24, 2.45) is 5.14 Å². The first-order valence-corrected chi connectivity index (χ1v) is 14.1. The van der Waals surface area contributed by atoms with Crippen molar-refractivity contribution in [3.05, 3.63) is 82.7 Å². The van der Waals surface area contributed by atoms with Gasteiger partial charge in [-0.1, -0.05) is 12.6 Å². The number of hydrogen-bond acceptors (Lipinski definition) is 8. The summed E-state index contributed by atoms with van der Waals surface area (Å²) in [5.74, 6) is -3.65. The Morgan fingerprint density at radius 3 is 2.43 bits per heavy atom. The molecule has 1 fully saturated rings. The van der Waals surface area contributed by atoms with Crippen molar-refractivity contribution >= 4 is 32.8 Å². The molecule has 1 aliphatic heterocycles. The first-order chi connectivity index (χ1) is 19.8. The number of nitrogens with zero attached hydrogens (tertiary/aromatic N) is 6. The van der Waals surface area contributed by atoms with Gasteiger partial charge < -0.3 is 9.80 Å². The number of benzene rings is 1. The molecule has 218 valence electrons. The summed E-state index contributed by atoms with van der Waals surface area (Å²) in [5.41, 5.74) is -2.99. The van der Waals surface area contributed by atoms with Crippen molar-refractivity contribution in [1.82, 2.24) is 24.4 Å². The first kappa shape index (κ1) is 28.9. The number of amides is 1. The summed E-state index contributed by atoms with van der Waals surface area (Å²) in [6, 6.07) is 4.87. The molecule has 5 rings (SSSR count). The molecule has 4 aromatic rings. The average Bonchev–Trinajstić information content (AvgIpc) is 2.92. The van der Waals surface area contributed by atoms with E-state index in [0.717, 1.165) is 28.8 Å². The van der Waals surface area contributed by atoms with E-state index in [1.165, 1.54) is 25.3 Å². The maximum atomic E-state index is 15.7. The molecule has 42 heavy (non-hydrogen) atoms. The number of primary sulfonamides is 1. The Kier molecular flexibility index (Phi) is 7.32. The van der Waals surface area contributed by atoms with Crippen LogP contribution in [0.4, 0.5) is 19.0 Å². The predicted molar refractivity (Wildman–Crippen MR) is 148 cm³/mol. The van der Waals surface area contributed by atoms with Gasteiger partial charge in [0.15, 0.2) is 16.5 Å². The third kappa shape index (κ3) is 4.90. The van der Waals surface area contributed by atoms with Crippen LogP contribution in [0.5, 0.6) is 0 Å². The first-order valence-electron chi connectivity index (χ1n) is 12.6. The SMILES string of the molecule is C=CC(=O)N1CCN(c2nc(=O)n(-c3c(C)ccnc3S(N)(=O)=O)c3nc(-c4c(F)cccc4F)c(F)cc23)[C@@H](C)C1. The molecule has 4 heterocycles. The van der Waals surface area contributed by atoms with Crippen LogP contribution in [-0.4, -0.2) is 64.4 Å². The molecule has 1 atom stereocenters. The third-order valence-corrected chi connectivity index (χ3v) is 7.81. The van der Waals surface area contributed by atoms with Crippen LogP contribution in [0.15, 0.2) is 59.0 Å². The monoisotopic (exact) mass is 599 g/mol. The molecule has 15 heteroatoms. The van der Waals surface area contributed by atoms with E-state index < -0.39 is 55.5 Å². The molecule has 1 saturated heterocycles. The highest BCUT2D eigenvalue weighted by Crippen LogP contribution is 2.34. The minimum Gasteiger partial charge on any atom is -0.350 e. The molecule has 3 aromatic heterocycles. The Hall–Kier alpha value is -4.63. The second kappa shape index (κ2) is 10.6. The van der Waals surface area contributed by atoms with E-state index in [4.69, 9.17) is 5.14 Å². The fourth-order valence-electron chi connectivity index (χ4n) is 5.03. The number of aromatic nitrogens is 4.